The van der Waals surface area contributed by atoms with Crippen LogP contribution in [0.5, 0.6) is 0 Å². The highest BCUT2D eigenvalue weighted by atomic mass is 16.3. The maximum Gasteiger partial charge on any atom is 0.224 e. The van der Waals surface area contributed by atoms with Crippen molar-refractivity contribution < 1.29 is 9.90 Å². The molecule has 0 spiro atoms. The number of aromatic nitrogens is 2. The summed E-state index contributed by atoms with van der Waals surface area (Å²) in [6, 6.07) is 5.33. The first kappa shape index (κ1) is 13.4. The highest BCUT2D eigenvalue weighted by Gasteiger charge is 2.27. The fraction of sp³-hybridized carbons (Fsp3) is 0.385. The molecule has 0 aliphatic heterocycles. The van der Waals surface area contributed by atoms with Crippen molar-refractivity contribution >= 4 is 22.6 Å². The summed E-state index contributed by atoms with van der Waals surface area (Å²) in [4.78, 5) is 15.8. The summed E-state index contributed by atoms with van der Waals surface area (Å²) in [5, 5.41) is 9.39. The van der Waals surface area contributed by atoms with E-state index in [0.29, 0.717) is 23.6 Å². The molecule has 0 bridgehead atoms. The molecule has 6 heteroatoms. The van der Waals surface area contributed by atoms with E-state index in [1.54, 1.807) is 30.5 Å². The first-order chi connectivity index (χ1) is 8.85. The van der Waals surface area contributed by atoms with E-state index >= 15 is 0 Å². The van der Waals surface area contributed by atoms with Crippen LogP contribution in [0.25, 0.3) is 11.0 Å². The van der Waals surface area contributed by atoms with Crippen LogP contribution in [-0.4, -0.2) is 20.6 Å². The minimum absolute atomic E-state index is 0.205. The van der Waals surface area contributed by atoms with Crippen molar-refractivity contribution in [2.45, 2.75) is 27.0 Å². The predicted octanol–water partition coefficient (Wildman–Crippen LogP) is 0.622. The number of hydrogen-bond acceptors (Lipinski definition) is 4. The molecule has 0 saturated heterocycles. The topological polar surface area (TPSA) is 107 Å². The first-order valence-electron chi connectivity index (χ1n) is 6.00. The lowest BCUT2D eigenvalue weighted by atomic mass is 9.92. The number of aliphatic hydroxyl groups excluding tert-OH is 1. The van der Waals surface area contributed by atoms with Crippen molar-refractivity contribution in [1.29, 1.82) is 0 Å². The van der Waals surface area contributed by atoms with Crippen molar-refractivity contribution in [1.82, 2.24) is 9.55 Å². The number of primary amides is 1. The molecule has 0 unspecified atom stereocenters. The highest BCUT2D eigenvalue weighted by Crippen LogP contribution is 2.25. The van der Waals surface area contributed by atoms with E-state index in [9.17, 15) is 9.90 Å². The van der Waals surface area contributed by atoms with Crippen molar-refractivity contribution in [3.8, 4) is 0 Å². The number of anilines is 1. The zero-order chi connectivity index (χ0) is 14.2. The summed E-state index contributed by atoms with van der Waals surface area (Å²) in [5.41, 5.74) is 12.5. The molecule has 0 radical (unpaired) electrons. The molecule has 1 aromatic heterocycles. The number of fused-ring (bicyclic) bond motifs is 1. The molecule has 0 saturated carbocycles. The van der Waals surface area contributed by atoms with Crippen LogP contribution < -0.4 is 11.5 Å². The lowest BCUT2D eigenvalue weighted by molar-refractivity contribution is -0.126. The SMILES string of the molecule is CC(C)(Cn1c(CO)nc2cc(N)ccc21)C(N)=O. The fourth-order valence-corrected chi connectivity index (χ4v) is 1.97. The van der Waals surface area contributed by atoms with Gasteiger partial charge in [-0.15, -0.1) is 0 Å². The van der Waals surface area contributed by atoms with Gasteiger partial charge in [0.25, 0.3) is 0 Å². The molecule has 102 valence electrons. The van der Waals surface area contributed by atoms with Gasteiger partial charge in [0.05, 0.1) is 16.4 Å². The maximum absolute atomic E-state index is 11.4. The molecule has 2 rings (SSSR count). The molecule has 0 fully saturated rings. The molecule has 19 heavy (non-hydrogen) atoms. The van der Waals surface area contributed by atoms with Gasteiger partial charge in [-0.1, -0.05) is 0 Å². The van der Waals surface area contributed by atoms with Crippen LogP contribution in [0.15, 0.2) is 18.2 Å². The summed E-state index contributed by atoms with van der Waals surface area (Å²) in [6.45, 7) is 3.68. The van der Waals surface area contributed by atoms with Gasteiger partial charge < -0.3 is 21.1 Å². The third-order valence-electron chi connectivity index (χ3n) is 3.21. The van der Waals surface area contributed by atoms with Gasteiger partial charge in [-0.25, -0.2) is 4.98 Å². The van der Waals surface area contributed by atoms with Crippen LogP contribution in [0.3, 0.4) is 0 Å². The van der Waals surface area contributed by atoms with Crippen molar-refractivity contribution in [2.24, 2.45) is 11.1 Å². The monoisotopic (exact) mass is 262 g/mol. The third-order valence-corrected chi connectivity index (χ3v) is 3.21. The number of amides is 1. The summed E-state index contributed by atoms with van der Waals surface area (Å²) in [7, 11) is 0. The van der Waals surface area contributed by atoms with Crippen LogP contribution in [-0.2, 0) is 17.9 Å². The normalized spacial score (nSPS) is 11.9. The summed E-state index contributed by atoms with van der Waals surface area (Å²) >= 11 is 0. The zero-order valence-corrected chi connectivity index (χ0v) is 11.1. The number of carbonyl (C=O) groups is 1. The molecule has 0 aliphatic rings. The lowest BCUT2D eigenvalue weighted by Crippen LogP contribution is -2.35. The van der Waals surface area contributed by atoms with E-state index in [2.05, 4.69) is 4.98 Å². The van der Waals surface area contributed by atoms with Gasteiger partial charge in [0.15, 0.2) is 0 Å². The third kappa shape index (κ3) is 2.39. The minimum Gasteiger partial charge on any atom is -0.399 e. The van der Waals surface area contributed by atoms with E-state index in [0.717, 1.165) is 5.52 Å². The molecule has 1 aromatic carbocycles. The Morgan fingerprint density at radius 3 is 2.74 bits per heavy atom. The Morgan fingerprint density at radius 1 is 1.47 bits per heavy atom. The Balaban J connectivity index is 2.55. The number of hydrogen-bond donors (Lipinski definition) is 3. The second-order valence-electron chi connectivity index (χ2n) is 5.27. The smallest absolute Gasteiger partial charge is 0.224 e. The van der Waals surface area contributed by atoms with Crippen LogP contribution in [0, 0.1) is 5.41 Å². The van der Waals surface area contributed by atoms with Crippen molar-refractivity contribution in [2.75, 3.05) is 5.73 Å². The molecule has 2 aromatic rings. The van der Waals surface area contributed by atoms with Crippen LogP contribution in [0.1, 0.15) is 19.7 Å². The van der Waals surface area contributed by atoms with E-state index in [-0.39, 0.29) is 6.61 Å². The predicted molar refractivity (Wildman–Crippen MR) is 73.0 cm³/mol. The zero-order valence-electron chi connectivity index (χ0n) is 11.1. The summed E-state index contributed by atoms with van der Waals surface area (Å²) in [5.74, 6) is 0.101. The highest BCUT2D eigenvalue weighted by molar-refractivity contribution is 5.82. The number of aliphatic hydroxyl groups is 1. The average Bonchev–Trinajstić information content (AvgIpc) is 2.65. The quantitative estimate of drug-likeness (QED) is 0.702. The molecule has 5 N–H and O–H groups in total. The van der Waals surface area contributed by atoms with Gasteiger partial charge in [-0.2, -0.15) is 0 Å². The second kappa shape index (κ2) is 4.55. The number of benzene rings is 1. The molecule has 0 aliphatic carbocycles. The van der Waals surface area contributed by atoms with E-state index in [4.69, 9.17) is 11.5 Å². The molecule has 1 heterocycles. The Labute approximate surface area is 111 Å². The standard InChI is InChI=1S/C13H18N4O2/c1-13(2,12(15)19)7-17-10-4-3-8(14)5-9(10)16-11(17)6-18/h3-5,18H,6-7,14H2,1-2H3,(H2,15,19). The first-order valence-corrected chi connectivity index (χ1v) is 6.00. The molecular weight excluding hydrogens is 244 g/mol. The van der Waals surface area contributed by atoms with Gasteiger partial charge >= 0.3 is 0 Å². The van der Waals surface area contributed by atoms with Crippen molar-refractivity contribution in [3.63, 3.8) is 0 Å². The fourth-order valence-electron chi connectivity index (χ4n) is 1.97. The number of nitrogen functional groups attached to an aromatic ring is 1. The maximum atomic E-state index is 11.4. The van der Waals surface area contributed by atoms with Gasteiger partial charge in [0.1, 0.15) is 12.4 Å². The minimum atomic E-state index is -0.723. The number of nitrogens with zero attached hydrogens (tertiary/aromatic N) is 2. The average molecular weight is 262 g/mol. The van der Waals surface area contributed by atoms with Crippen LogP contribution in [0.4, 0.5) is 5.69 Å². The molecule has 6 nitrogen and oxygen atoms in total. The van der Waals surface area contributed by atoms with Crippen molar-refractivity contribution in [3.05, 3.63) is 24.0 Å². The molecule has 1 amide bonds. The number of carbonyl (C=O) groups excluding carboxylic acids is 1. The van der Waals surface area contributed by atoms with Gasteiger partial charge in [0, 0.05) is 12.2 Å². The van der Waals surface area contributed by atoms with E-state index in [1.807, 2.05) is 6.07 Å². The van der Waals surface area contributed by atoms with Gasteiger partial charge in [0.2, 0.25) is 5.91 Å². The Bertz CT molecular complexity index is 631. The van der Waals surface area contributed by atoms with Gasteiger partial charge in [-0.05, 0) is 32.0 Å². The second-order valence-corrected chi connectivity index (χ2v) is 5.27. The largest absolute Gasteiger partial charge is 0.399 e. The Kier molecular flexibility index (Phi) is 3.20. The molecular formula is C13H18N4O2. The number of imidazole rings is 1. The van der Waals surface area contributed by atoms with E-state index in [1.165, 1.54) is 0 Å². The van der Waals surface area contributed by atoms with Crippen LogP contribution in [0.2, 0.25) is 0 Å². The van der Waals surface area contributed by atoms with E-state index < -0.39 is 11.3 Å². The summed E-state index contributed by atoms with van der Waals surface area (Å²) in [6.07, 6.45) is 0. The Hall–Kier alpha value is -2.08. The van der Waals surface area contributed by atoms with Crippen LogP contribution >= 0.6 is 0 Å². The van der Waals surface area contributed by atoms with Gasteiger partial charge in [-0.3, -0.25) is 4.79 Å². The number of rotatable bonds is 4. The molecule has 0 atom stereocenters. The number of nitrogens with two attached hydrogens (primary N) is 2. The summed E-state index contributed by atoms with van der Waals surface area (Å²) < 4.78 is 1.81. The lowest BCUT2D eigenvalue weighted by Gasteiger charge is -2.22. The Morgan fingerprint density at radius 2 is 2.16 bits per heavy atom.